The van der Waals surface area contributed by atoms with Gasteiger partial charge < -0.3 is 4.57 Å². The van der Waals surface area contributed by atoms with Crippen LogP contribution >= 0.6 is 0 Å². The summed E-state index contributed by atoms with van der Waals surface area (Å²) in [7, 11) is 0. The number of rotatable bonds is 6. The van der Waals surface area contributed by atoms with Crippen molar-refractivity contribution in [1.82, 2.24) is 19.5 Å². The molecule has 0 fully saturated rings. The van der Waals surface area contributed by atoms with Crippen molar-refractivity contribution in [3.8, 4) is 62.1 Å². The van der Waals surface area contributed by atoms with Gasteiger partial charge in [0.2, 0.25) is 0 Å². The highest BCUT2D eigenvalue weighted by Crippen LogP contribution is 2.43. The number of aromatic nitrogens is 4. The maximum atomic E-state index is 5.07. The standard InChI is InChI=1S/C61H38N4/c1-3-16-40(17-4-1)59-62-60(41-18-5-2-6-19-41)64-61(63-59)46-22-13-21-45(35-46)48-26-14-27-52-49-23-9-10-24-50(49)54-37-43(30-33-53(54)58(48)52)44-31-34-57-55(38-44)51-25-11-12-28-56(51)65(57)47-32-29-39-15-7-8-20-42(39)36-47/h1-38H. The van der Waals surface area contributed by atoms with Crippen molar-refractivity contribution >= 4 is 64.9 Å². The van der Waals surface area contributed by atoms with E-state index in [0.29, 0.717) is 17.5 Å². The molecule has 0 N–H and O–H groups in total. The van der Waals surface area contributed by atoms with Crippen molar-refractivity contribution < 1.29 is 0 Å². The van der Waals surface area contributed by atoms with Crippen LogP contribution in [0.4, 0.5) is 0 Å². The zero-order valence-electron chi connectivity index (χ0n) is 35.2. The Hall–Kier alpha value is -8.73. The van der Waals surface area contributed by atoms with Crippen molar-refractivity contribution in [1.29, 1.82) is 0 Å². The van der Waals surface area contributed by atoms with Crippen LogP contribution in [0.25, 0.3) is 127 Å². The molecule has 0 amide bonds. The Morgan fingerprint density at radius 2 is 0.785 bits per heavy atom. The van der Waals surface area contributed by atoms with Crippen LogP contribution < -0.4 is 0 Å². The minimum Gasteiger partial charge on any atom is -0.309 e. The highest BCUT2D eigenvalue weighted by molar-refractivity contribution is 6.29. The second kappa shape index (κ2) is 15.0. The predicted molar refractivity (Wildman–Crippen MR) is 271 cm³/mol. The third kappa shape index (κ3) is 6.18. The van der Waals surface area contributed by atoms with Crippen molar-refractivity contribution in [3.63, 3.8) is 0 Å². The zero-order valence-corrected chi connectivity index (χ0v) is 35.2. The van der Waals surface area contributed by atoms with E-state index in [1.165, 1.54) is 76.0 Å². The molecule has 0 unspecified atom stereocenters. The number of benzene rings is 11. The Balaban J connectivity index is 0.968. The summed E-state index contributed by atoms with van der Waals surface area (Å²) in [5, 5.41) is 12.3. The molecule has 2 aromatic heterocycles. The number of hydrogen-bond acceptors (Lipinski definition) is 3. The minimum atomic E-state index is 0.636. The summed E-state index contributed by atoms with van der Waals surface area (Å²) in [5.41, 5.74) is 11.0. The zero-order chi connectivity index (χ0) is 42.8. The fraction of sp³-hybridized carbons (Fsp3) is 0. The van der Waals surface area contributed by atoms with Gasteiger partial charge in [-0.2, -0.15) is 0 Å². The number of hydrogen-bond donors (Lipinski definition) is 0. The summed E-state index contributed by atoms with van der Waals surface area (Å²) in [6, 6.07) is 82.6. The van der Waals surface area contributed by atoms with Crippen molar-refractivity contribution in [2.24, 2.45) is 0 Å². The lowest BCUT2D eigenvalue weighted by Gasteiger charge is -2.16. The highest BCUT2D eigenvalue weighted by atomic mass is 15.0. The van der Waals surface area contributed by atoms with Gasteiger partial charge in [-0.1, -0.05) is 188 Å². The van der Waals surface area contributed by atoms with Gasteiger partial charge in [0, 0.05) is 33.2 Å². The molecule has 0 aliphatic carbocycles. The fourth-order valence-corrected chi connectivity index (χ4v) is 9.93. The second-order valence-electron chi connectivity index (χ2n) is 16.8. The Morgan fingerprint density at radius 3 is 1.54 bits per heavy atom. The highest BCUT2D eigenvalue weighted by Gasteiger charge is 2.18. The largest absolute Gasteiger partial charge is 0.309 e. The van der Waals surface area contributed by atoms with Crippen LogP contribution in [-0.2, 0) is 0 Å². The van der Waals surface area contributed by atoms with Crippen LogP contribution in [0.2, 0.25) is 0 Å². The lowest BCUT2D eigenvalue weighted by molar-refractivity contribution is 1.07. The molecular formula is C61H38N4. The van der Waals surface area contributed by atoms with Gasteiger partial charge in [0.15, 0.2) is 17.5 Å². The summed E-state index contributed by atoms with van der Waals surface area (Å²) in [6.07, 6.45) is 0. The number of fused-ring (bicyclic) bond motifs is 10. The lowest BCUT2D eigenvalue weighted by atomic mass is 9.88. The van der Waals surface area contributed by atoms with E-state index in [1.54, 1.807) is 0 Å². The molecule has 0 aliphatic rings. The van der Waals surface area contributed by atoms with Gasteiger partial charge in [-0.05, 0) is 108 Å². The first-order valence-corrected chi connectivity index (χ1v) is 22.1. The van der Waals surface area contributed by atoms with E-state index in [1.807, 2.05) is 60.7 Å². The molecule has 0 saturated heterocycles. The first-order chi connectivity index (χ1) is 32.2. The lowest BCUT2D eigenvalue weighted by Crippen LogP contribution is -2.00. The summed E-state index contributed by atoms with van der Waals surface area (Å²) >= 11 is 0. The molecule has 13 rings (SSSR count). The van der Waals surface area contributed by atoms with Gasteiger partial charge in [-0.3, -0.25) is 0 Å². The Labute approximate surface area is 375 Å². The first kappa shape index (κ1) is 36.9. The fourth-order valence-electron chi connectivity index (χ4n) is 9.93. The third-order valence-corrected chi connectivity index (χ3v) is 13.0. The van der Waals surface area contributed by atoms with Crippen LogP contribution in [-0.4, -0.2) is 19.5 Å². The van der Waals surface area contributed by atoms with E-state index in [2.05, 4.69) is 174 Å². The molecular weight excluding hydrogens is 789 g/mol. The summed E-state index contributed by atoms with van der Waals surface area (Å²) in [5.74, 6) is 1.93. The van der Waals surface area contributed by atoms with Crippen LogP contribution in [0.15, 0.2) is 231 Å². The van der Waals surface area contributed by atoms with Gasteiger partial charge in [-0.25, -0.2) is 15.0 Å². The monoisotopic (exact) mass is 826 g/mol. The molecule has 4 heteroatoms. The predicted octanol–water partition coefficient (Wildman–Crippen LogP) is 15.9. The van der Waals surface area contributed by atoms with Crippen molar-refractivity contribution in [2.45, 2.75) is 0 Å². The van der Waals surface area contributed by atoms with Crippen LogP contribution in [0.3, 0.4) is 0 Å². The van der Waals surface area contributed by atoms with Gasteiger partial charge in [0.05, 0.1) is 11.0 Å². The van der Waals surface area contributed by atoms with Crippen LogP contribution in [0, 0.1) is 0 Å². The maximum Gasteiger partial charge on any atom is 0.164 e. The van der Waals surface area contributed by atoms with Crippen LogP contribution in [0.5, 0.6) is 0 Å². The average Bonchev–Trinajstić information content (AvgIpc) is 3.72. The second-order valence-corrected chi connectivity index (χ2v) is 16.8. The number of para-hydroxylation sites is 1. The topological polar surface area (TPSA) is 43.6 Å². The molecule has 11 aromatic carbocycles. The molecule has 0 atom stereocenters. The average molecular weight is 827 g/mol. The van der Waals surface area contributed by atoms with Gasteiger partial charge in [-0.15, -0.1) is 0 Å². The quantitative estimate of drug-likeness (QED) is 0.157. The summed E-state index contributed by atoms with van der Waals surface area (Å²) in [6.45, 7) is 0. The van der Waals surface area contributed by atoms with E-state index in [4.69, 9.17) is 15.0 Å². The van der Waals surface area contributed by atoms with E-state index in [0.717, 1.165) is 33.5 Å². The molecule has 0 bridgehead atoms. The first-order valence-electron chi connectivity index (χ1n) is 22.1. The molecule has 0 spiro atoms. The van der Waals surface area contributed by atoms with Crippen LogP contribution in [0.1, 0.15) is 0 Å². The Morgan fingerprint density at radius 1 is 0.262 bits per heavy atom. The third-order valence-electron chi connectivity index (χ3n) is 13.0. The SMILES string of the molecule is c1ccc(-c2nc(-c3ccccc3)nc(-c3cccc(-c4cccc5c6ccccc6c6cc(-c7ccc8c(c7)c7ccccc7n8-c7ccc8ccccc8c7)ccc6c45)c3)n2)cc1. The molecule has 302 valence electrons. The van der Waals surface area contributed by atoms with E-state index >= 15 is 0 Å². The number of nitrogens with zero attached hydrogens (tertiary/aromatic N) is 4. The van der Waals surface area contributed by atoms with Gasteiger partial charge >= 0.3 is 0 Å². The molecule has 0 radical (unpaired) electrons. The molecule has 2 heterocycles. The maximum absolute atomic E-state index is 5.07. The van der Waals surface area contributed by atoms with Gasteiger partial charge in [0.1, 0.15) is 0 Å². The van der Waals surface area contributed by atoms with E-state index in [-0.39, 0.29) is 0 Å². The smallest absolute Gasteiger partial charge is 0.164 e. The molecule has 0 aliphatic heterocycles. The van der Waals surface area contributed by atoms with E-state index < -0.39 is 0 Å². The minimum absolute atomic E-state index is 0.636. The molecule has 0 saturated carbocycles. The molecule has 65 heavy (non-hydrogen) atoms. The molecule has 4 nitrogen and oxygen atoms in total. The molecule has 13 aromatic rings. The Kier molecular flexibility index (Phi) is 8.50. The van der Waals surface area contributed by atoms with Crippen molar-refractivity contribution in [2.75, 3.05) is 0 Å². The Bertz CT molecular complexity index is 3940. The summed E-state index contributed by atoms with van der Waals surface area (Å²) in [4.78, 5) is 15.1. The van der Waals surface area contributed by atoms with Gasteiger partial charge in [0.25, 0.3) is 0 Å². The normalized spacial score (nSPS) is 11.7. The van der Waals surface area contributed by atoms with Crippen molar-refractivity contribution in [3.05, 3.63) is 231 Å². The van der Waals surface area contributed by atoms with E-state index in [9.17, 15) is 0 Å². The summed E-state index contributed by atoms with van der Waals surface area (Å²) < 4.78 is 2.41.